The predicted octanol–water partition coefficient (Wildman–Crippen LogP) is 1.66. The SMILES string of the molecule is O=[N+]([O-])c1cc(O)c(Cl)c(O)c1. The third kappa shape index (κ3) is 1.40. The van der Waals surface area contributed by atoms with Crippen LogP contribution < -0.4 is 0 Å². The van der Waals surface area contributed by atoms with Crippen LogP contribution in [-0.2, 0) is 0 Å². The maximum Gasteiger partial charge on any atom is 0.276 e. The molecule has 0 fully saturated rings. The molecule has 0 saturated heterocycles. The summed E-state index contributed by atoms with van der Waals surface area (Å²) in [5, 5.41) is 27.7. The van der Waals surface area contributed by atoms with Gasteiger partial charge in [-0.2, -0.15) is 0 Å². The van der Waals surface area contributed by atoms with Crippen LogP contribution in [0.15, 0.2) is 12.1 Å². The first kappa shape index (κ1) is 8.61. The summed E-state index contributed by atoms with van der Waals surface area (Å²) in [7, 11) is 0. The van der Waals surface area contributed by atoms with Gasteiger partial charge in [0.2, 0.25) is 0 Å². The van der Waals surface area contributed by atoms with Gasteiger partial charge in [-0.3, -0.25) is 10.1 Å². The highest BCUT2D eigenvalue weighted by molar-refractivity contribution is 6.33. The highest BCUT2D eigenvalue weighted by Gasteiger charge is 2.13. The van der Waals surface area contributed by atoms with Gasteiger partial charge in [-0.25, -0.2) is 0 Å². The van der Waals surface area contributed by atoms with Crippen LogP contribution in [0.4, 0.5) is 5.69 Å². The Bertz CT molecular complexity index is 315. The lowest BCUT2D eigenvalue weighted by atomic mass is 10.3. The highest BCUT2D eigenvalue weighted by atomic mass is 35.5. The molecule has 0 spiro atoms. The van der Waals surface area contributed by atoms with Gasteiger partial charge in [-0.05, 0) is 0 Å². The van der Waals surface area contributed by atoms with Gasteiger partial charge in [-0.1, -0.05) is 11.6 Å². The quantitative estimate of drug-likeness (QED) is 0.520. The van der Waals surface area contributed by atoms with Gasteiger partial charge in [0.05, 0.1) is 17.1 Å². The second-order valence-electron chi connectivity index (χ2n) is 2.06. The summed E-state index contributed by atoms with van der Waals surface area (Å²) < 4.78 is 0. The fourth-order valence-electron chi connectivity index (χ4n) is 0.685. The molecule has 0 amide bonds. The smallest absolute Gasteiger partial charge is 0.276 e. The Kier molecular flexibility index (Phi) is 2.05. The lowest BCUT2D eigenvalue weighted by Crippen LogP contribution is -1.87. The number of non-ortho nitro benzene ring substituents is 1. The van der Waals surface area contributed by atoms with Crippen molar-refractivity contribution in [3.63, 3.8) is 0 Å². The number of phenolic OH excluding ortho intramolecular Hbond substituents is 2. The Morgan fingerprint density at radius 1 is 1.33 bits per heavy atom. The van der Waals surface area contributed by atoms with Crippen LogP contribution in [0.3, 0.4) is 0 Å². The number of nitro groups is 1. The minimum atomic E-state index is -0.740. The van der Waals surface area contributed by atoms with E-state index < -0.39 is 22.1 Å². The van der Waals surface area contributed by atoms with E-state index in [9.17, 15) is 10.1 Å². The Morgan fingerprint density at radius 3 is 2.08 bits per heavy atom. The maximum atomic E-state index is 10.2. The number of benzene rings is 1. The van der Waals surface area contributed by atoms with Crippen LogP contribution in [0.5, 0.6) is 11.5 Å². The average Bonchev–Trinajstić information content (AvgIpc) is 1.99. The van der Waals surface area contributed by atoms with Gasteiger partial charge in [-0.15, -0.1) is 0 Å². The van der Waals surface area contributed by atoms with E-state index in [2.05, 4.69) is 0 Å². The molecule has 5 nitrogen and oxygen atoms in total. The molecular weight excluding hydrogens is 186 g/mol. The van der Waals surface area contributed by atoms with E-state index in [4.69, 9.17) is 21.8 Å². The van der Waals surface area contributed by atoms with Crippen molar-refractivity contribution in [2.75, 3.05) is 0 Å². The molecular formula is C6H4ClNO4. The number of aromatic hydroxyl groups is 2. The van der Waals surface area contributed by atoms with Crippen molar-refractivity contribution in [1.82, 2.24) is 0 Å². The lowest BCUT2D eigenvalue weighted by molar-refractivity contribution is -0.385. The van der Waals surface area contributed by atoms with Crippen LogP contribution in [0.1, 0.15) is 0 Å². The van der Waals surface area contributed by atoms with Crippen LogP contribution in [-0.4, -0.2) is 15.1 Å². The fourth-order valence-corrected chi connectivity index (χ4v) is 0.794. The van der Waals surface area contributed by atoms with Gasteiger partial charge in [0.25, 0.3) is 5.69 Å². The molecule has 2 N–H and O–H groups in total. The van der Waals surface area contributed by atoms with Gasteiger partial charge in [0.1, 0.15) is 16.5 Å². The number of phenols is 2. The average molecular weight is 190 g/mol. The van der Waals surface area contributed by atoms with E-state index >= 15 is 0 Å². The summed E-state index contributed by atoms with van der Waals surface area (Å²) in [6.07, 6.45) is 0. The molecule has 64 valence electrons. The molecule has 0 aliphatic rings. The van der Waals surface area contributed by atoms with Crippen molar-refractivity contribution in [1.29, 1.82) is 0 Å². The van der Waals surface area contributed by atoms with Crippen molar-refractivity contribution in [3.05, 3.63) is 27.3 Å². The van der Waals surface area contributed by atoms with Crippen LogP contribution in [0.2, 0.25) is 5.02 Å². The molecule has 6 heteroatoms. The van der Waals surface area contributed by atoms with Crippen molar-refractivity contribution in [3.8, 4) is 11.5 Å². The lowest BCUT2D eigenvalue weighted by Gasteiger charge is -1.98. The van der Waals surface area contributed by atoms with E-state index in [1.807, 2.05) is 0 Å². The minimum absolute atomic E-state index is 0.291. The number of rotatable bonds is 1. The van der Waals surface area contributed by atoms with E-state index in [1.165, 1.54) is 0 Å². The third-order valence-electron chi connectivity index (χ3n) is 1.23. The van der Waals surface area contributed by atoms with Crippen molar-refractivity contribution < 1.29 is 15.1 Å². The number of nitrogens with zero attached hydrogens (tertiary/aromatic N) is 1. The number of halogens is 1. The summed E-state index contributed by atoms with van der Waals surface area (Å²) >= 11 is 5.33. The van der Waals surface area contributed by atoms with Gasteiger partial charge in [0, 0.05) is 0 Å². The first-order valence-corrected chi connectivity index (χ1v) is 3.26. The van der Waals surface area contributed by atoms with E-state index in [0.29, 0.717) is 0 Å². The molecule has 12 heavy (non-hydrogen) atoms. The fraction of sp³-hybridized carbons (Fsp3) is 0. The Balaban J connectivity index is 3.31. The summed E-state index contributed by atoms with van der Waals surface area (Å²) in [6.45, 7) is 0. The molecule has 0 aromatic heterocycles. The summed E-state index contributed by atoms with van der Waals surface area (Å²) in [6, 6.07) is 1.73. The highest BCUT2D eigenvalue weighted by Crippen LogP contribution is 2.36. The minimum Gasteiger partial charge on any atom is -0.506 e. The van der Waals surface area contributed by atoms with Gasteiger partial charge < -0.3 is 10.2 Å². The molecule has 0 radical (unpaired) electrons. The molecule has 0 bridgehead atoms. The molecule has 0 atom stereocenters. The Labute approximate surface area is 72.0 Å². The van der Waals surface area contributed by atoms with E-state index in [0.717, 1.165) is 12.1 Å². The molecule has 1 aromatic carbocycles. The summed E-state index contributed by atoms with van der Waals surface area (Å²) in [5.41, 5.74) is -0.408. The van der Waals surface area contributed by atoms with Crippen LogP contribution in [0.25, 0.3) is 0 Å². The van der Waals surface area contributed by atoms with Crippen LogP contribution in [0, 0.1) is 10.1 Å². The predicted molar refractivity (Wildman–Crippen MR) is 41.4 cm³/mol. The zero-order valence-electron chi connectivity index (χ0n) is 5.69. The molecule has 0 aliphatic carbocycles. The maximum absolute atomic E-state index is 10.2. The zero-order valence-corrected chi connectivity index (χ0v) is 6.45. The molecule has 0 unspecified atom stereocenters. The van der Waals surface area contributed by atoms with E-state index in [-0.39, 0.29) is 5.02 Å². The second kappa shape index (κ2) is 2.86. The van der Waals surface area contributed by atoms with Crippen LogP contribution >= 0.6 is 11.6 Å². The van der Waals surface area contributed by atoms with Gasteiger partial charge >= 0.3 is 0 Å². The molecule has 0 aliphatic heterocycles. The van der Waals surface area contributed by atoms with Crippen molar-refractivity contribution in [2.24, 2.45) is 0 Å². The largest absolute Gasteiger partial charge is 0.506 e. The first-order valence-electron chi connectivity index (χ1n) is 2.88. The van der Waals surface area contributed by atoms with Crippen molar-refractivity contribution in [2.45, 2.75) is 0 Å². The number of nitro benzene ring substituents is 1. The molecule has 0 saturated carbocycles. The summed E-state index contributed by atoms with van der Waals surface area (Å²) in [4.78, 5) is 9.42. The van der Waals surface area contributed by atoms with Gasteiger partial charge in [0.15, 0.2) is 0 Å². The molecule has 1 rings (SSSR count). The summed E-state index contributed by atoms with van der Waals surface area (Å²) in [5.74, 6) is -1.02. The normalized spacial score (nSPS) is 9.75. The standard InChI is InChI=1S/C6H4ClNO4/c7-6-4(9)1-3(8(11)12)2-5(6)10/h1-2,9-10H. The molecule has 1 aromatic rings. The molecule has 0 heterocycles. The monoisotopic (exact) mass is 189 g/mol. The third-order valence-corrected chi connectivity index (χ3v) is 1.62. The number of hydrogen-bond donors (Lipinski definition) is 2. The Hall–Kier alpha value is -1.49. The number of hydrogen-bond acceptors (Lipinski definition) is 4. The second-order valence-corrected chi connectivity index (χ2v) is 2.43. The van der Waals surface area contributed by atoms with E-state index in [1.54, 1.807) is 0 Å². The van der Waals surface area contributed by atoms with Crippen molar-refractivity contribution >= 4 is 17.3 Å². The topological polar surface area (TPSA) is 83.6 Å². The zero-order chi connectivity index (χ0) is 9.30. The Morgan fingerprint density at radius 2 is 1.75 bits per heavy atom. The first-order chi connectivity index (χ1) is 5.52.